The number of carbonyl (C=O) groups is 1. The summed E-state index contributed by atoms with van der Waals surface area (Å²) in [6.07, 6.45) is 5.75. The number of piperidine rings is 1. The van der Waals surface area contributed by atoms with Gasteiger partial charge in [0.25, 0.3) is 11.8 Å². The number of hydrogen-bond acceptors (Lipinski definition) is 3. The first-order chi connectivity index (χ1) is 17.8. The fourth-order valence-electron chi connectivity index (χ4n) is 4.56. The monoisotopic (exact) mass is 595 g/mol. The summed E-state index contributed by atoms with van der Waals surface area (Å²) in [4.78, 5) is 19.6. The molecule has 1 aromatic rings. The van der Waals surface area contributed by atoms with Gasteiger partial charge in [-0.2, -0.15) is 0 Å². The highest BCUT2D eigenvalue weighted by Crippen LogP contribution is 2.43. The molecule has 0 saturated carbocycles. The summed E-state index contributed by atoms with van der Waals surface area (Å²) in [6.45, 7) is 19.9. The number of halogens is 3. The van der Waals surface area contributed by atoms with Gasteiger partial charge in [-0.3, -0.25) is 14.7 Å². The van der Waals surface area contributed by atoms with Gasteiger partial charge >= 0.3 is 0 Å². The van der Waals surface area contributed by atoms with E-state index in [1.54, 1.807) is 45.6 Å². The Bertz CT molecular complexity index is 1000. The molecular formula is C31H48BrF2N3O. The van der Waals surface area contributed by atoms with E-state index in [0.29, 0.717) is 24.1 Å². The lowest BCUT2D eigenvalue weighted by molar-refractivity contribution is -0.0884. The molecule has 2 rings (SSSR count). The van der Waals surface area contributed by atoms with E-state index in [1.807, 2.05) is 66.4 Å². The molecule has 2 atom stereocenters. The van der Waals surface area contributed by atoms with Gasteiger partial charge in [0, 0.05) is 43.4 Å². The van der Waals surface area contributed by atoms with Crippen molar-refractivity contribution in [3.05, 3.63) is 68.7 Å². The van der Waals surface area contributed by atoms with E-state index in [4.69, 9.17) is 0 Å². The highest BCUT2D eigenvalue weighted by Gasteiger charge is 2.47. The largest absolute Gasteiger partial charge is 0.345 e. The van der Waals surface area contributed by atoms with Crippen LogP contribution in [0.15, 0.2) is 51.5 Å². The summed E-state index contributed by atoms with van der Waals surface area (Å²) in [5.74, 6) is -3.88. The SMILES string of the molecule is C=C(/C=C(\C)C(C)N1CCC(c2c(C)cc(C(=O)N(C)C)cc2C)C(F)(F)C1)/C(Br)=C\C=NC.CC.CC. The van der Waals surface area contributed by atoms with Gasteiger partial charge in [0.05, 0.1) is 12.5 Å². The normalized spacial score (nSPS) is 18.6. The van der Waals surface area contributed by atoms with Crippen LogP contribution in [0.4, 0.5) is 8.78 Å². The van der Waals surface area contributed by atoms with E-state index in [0.717, 1.165) is 26.8 Å². The fourth-order valence-corrected chi connectivity index (χ4v) is 4.79. The smallest absolute Gasteiger partial charge is 0.267 e. The van der Waals surface area contributed by atoms with Gasteiger partial charge in [-0.25, -0.2) is 8.78 Å². The molecule has 1 aromatic carbocycles. The van der Waals surface area contributed by atoms with Gasteiger partial charge in [-0.1, -0.05) is 61.9 Å². The van der Waals surface area contributed by atoms with Gasteiger partial charge in [0.2, 0.25) is 0 Å². The Morgan fingerprint density at radius 1 is 1.21 bits per heavy atom. The van der Waals surface area contributed by atoms with Crippen molar-refractivity contribution >= 4 is 28.1 Å². The number of carbonyl (C=O) groups excluding carboxylic acids is 1. The molecule has 38 heavy (non-hydrogen) atoms. The lowest BCUT2D eigenvalue weighted by atomic mass is 9.80. The molecule has 1 aliphatic rings. The second-order valence-electron chi connectivity index (χ2n) is 9.31. The highest BCUT2D eigenvalue weighted by atomic mass is 79.9. The number of rotatable bonds is 7. The Labute approximate surface area is 238 Å². The van der Waals surface area contributed by atoms with Crippen LogP contribution in [0.3, 0.4) is 0 Å². The Hall–Kier alpha value is -2.12. The van der Waals surface area contributed by atoms with Crippen molar-refractivity contribution in [1.29, 1.82) is 0 Å². The number of hydrogen-bond donors (Lipinski definition) is 0. The van der Waals surface area contributed by atoms with Crippen LogP contribution in [0.5, 0.6) is 0 Å². The van der Waals surface area contributed by atoms with Crippen LogP contribution in [0.2, 0.25) is 0 Å². The molecule has 1 heterocycles. The van der Waals surface area contributed by atoms with Crippen LogP contribution in [0.25, 0.3) is 0 Å². The average Bonchev–Trinajstić information content (AvgIpc) is 2.88. The topological polar surface area (TPSA) is 35.9 Å². The molecule has 1 aliphatic heterocycles. The maximum Gasteiger partial charge on any atom is 0.267 e. The summed E-state index contributed by atoms with van der Waals surface area (Å²) in [7, 11) is 5.06. The van der Waals surface area contributed by atoms with E-state index in [2.05, 4.69) is 27.5 Å². The Morgan fingerprint density at radius 3 is 2.18 bits per heavy atom. The molecule has 0 radical (unpaired) electrons. The number of benzene rings is 1. The van der Waals surface area contributed by atoms with Crippen LogP contribution < -0.4 is 0 Å². The average molecular weight is 597 g/mol. The molecule has 1 saturated heterocycles. The maximum absolute atomic E-state index is 15.5. The number of alkyl halides is 2. The highest BCUT2D eigenvalue weighted by molar-refractivity contribution is 9.12. The zero-order chi connectivity index (χ0) is 29.8. The van der Waals surface area contributed by atoms with Crippen molar-refractivity contribution in [2.75, 3.05) is 34.2 Å². The minimum absolute atomic E-state index is 0.125. The predicted octanol–water partition coefficient (Wildman–Crippen LogP) is 8.35. The van der Waals surface area contributed by atoms with Crippen LogP contribution >= 0.6 is 15.9 Å². The Kier molecular flexibility index (Phi) is 15.8. The third-order valence-corrected chi connectivity index (χ3v) is 7.28. The first kappa shape index (κ1) is 35.9. The fraction of sp³-hybridized carbons (Fsp3) is 0.548. The number of amides is 1. The minimum Gasteiger partial charge on any atom is -0.345 e. The Balaban J connectivity index is 0.00000326. The summed E-state index contributed by atoms with van der Waals surface area (Å²) >= 11 is 3.47. The molecule has 1 fully saturated rings. The van der Waals surface area contributed by atoms with Crippen molar-refractivity contribution in [3.63, 3.8) is 0 Å². The molecular weight excluding hydrogens is 548 g/mol. The molecule has 1 amide bonds. The van der Waals surface area contributed by atoms with E-state index in [-0.39, 0.29) is 18.5 Å². The quantitative estimate of drug-likeness (QED) is 0.234. The van der Waals surface area contributed by atoms with Crippen molar-refractivity contribution < 1.29 is 13.6 Å². The lowest BCUT2D eigenvalue weighted by Gasteiger charge is -2.42. The zero-order valence-electron chi connectivity index (χ0n) is 25.3. The van der Waals surface area contributed by atoms with Crippen molar-refractivity contribution in [1.82, 2.24) is 9.80 Å². The van der Waals surface area contributed by atoms with Crippen molar-refractivity contribution in [3.8, 4) is 0 Å². The van der Waals surface area contributed by atoms with Crippen LogP contribution in [0, 0.1) is 13.8 Å². The summed E-state index contributed by atoms with van der Waals surface area (Å²) < 4.78 is 31.8. The van der Waals surface area contributed by atoms with Gasteiger partial charge in [0.15, 0.2) is 0 Å². The maximum atomic E-state index is 15.5. The summed E-state index contributed by atoms with van der Waals surface area (Å²) in [5.41, 5.74) is 4.43. The minimum atomic E-state index is -2.88. The van der Waals surface area contributed by atoms with E-state index < -0.39 is 11.8 Å². The number of allylic oxidation sites excluding steroid dienone is 4. The predicted molar refractivity (Wildman–Crippen MR) is 164 cm³/mol. The molecule has 2 unspecified atom stereocenters. The van der Waals surface area contributed by atoms with Gasteiger partial charge in [-0.15, -0.1) is 0 Å². The first-order valence-corrected chi connectivity index (χ1v) is 14.2. The van der Waals surface area contributed by atoms with Crippen molar-refractivity contribution in [2.24, 2.45) is 4.99 Å². The Morgan fingerprint density at radius 2 is 1.74 bits per heavy atom. The van der Waals surface area contributed by atoms with Crippen LogP contribution in [-0.4, -0.2) is 68.1 Å². The molecule has 214 valence electrons. The standard InChI is InChI=1S/C27H36BrF2N3O.2C2H6/c1-17(13-18(2)24(28)9-11-31-6)21(5)33-12-10-23(27(29,30)16-33)25-19(3)14-22(15-20(25)4)26(34)32(7)8;2*1-2/h9,11,13-15,21,23H,2,10,12,16H2,1,3-8H3;2*1-2H3/b17-13+,24-9+,31-11?;;. The van der Waals surface area contributed by atoms with E-state index in [1.165, 1.54) is 4.90 Å². The van der Waals surface area contributed by atoms with Crippen LogP contribution in [0.1, 0.15) is 80.9 Å². The zero-order valence-corrected chi connectivity index (χ0v) is 26.8. The molecule has 0 bridgehead atoms. The second-order valence-corrected chi connectivity index (χ2v) is 10.2. The van der Waals surface area contributed by atoms with Gasteiger partial charge in [-0.05, 0) is 81.1 Å². The van der Waals surface area contributed by atoms with E-state index >= 15 is 8.78 Å². The number of nitrogens with zero attached hydrogens (tertiary/aromatic N) is 3. The van der Waals surface area contributed by atoms with Crippen LogP contribution in [-0.2, 0) is 0 Å². The molecule has 0 N–H and O–H groups in total. The molecule has 4 nitrogen and oxygen atoms in total. The van der Waals surface area contributed by atoms with Gasteiger partial charge in [0.1, 0.15) is 0 Å². The third-order valence-electron chi connectivity index (χ3n) is 6.51. The molecule has 7 heteroatoms. The second kappa shape index (κ2) is 16.8. The third kappa shape index (κ3) is 9.57. The number of aliphatic imine (C=N–C) groups is 1. The lowest BCUT2D eigenvalue weighted by Crippen LogP contribution is -2.51. The summed E-state index contributed by atoms with van der Waals surface area (Å²) in [5, 5.41) is 0. The molecule has 0 spiro atoms. The number of aryl methyl sites for hydroxylation is 2. The molecule has 0 aromatic heterocycles. The molecule has 0 aliphatic carbocycles. The van der Waals surface area contributed by atoms with E-state index in [9.17, 15) is 4.79 Å². The summed E-state index contributed by atoms with van der Waals surface area (Å²) in [6, 6.07) is 3.33. The number of likely N-dealkylation sites (tertiary alicyclic amines) is 1. The van der Waals surface area contributed by atoms with Gasteiger partial charge < -0.3 is 4.90 Å². The van der Waals surface area contributed by atoms with Crippen molar-refractivity contribution in [2.45, 2.75) is 79.7 Å². The first-order valence-electron chi connectivity index (χ1n) is 13.4.